The zero-order chi connectivity index (χ0) is 20.5. The molecule has 3 aromatic rings. The molecule has 0 saturated carbocycles. The van der Waals surface area contributed by atoms with E-state index in [1.807, 2.05) is 30.3 Å². The molecule has 148 valence electrons. The van der Waals surface area contributed by atoms with Gasteiger partial charge in [0, 0.05) is 17.5 Å². The van der Waals surface area contributed by atoms with Crippen LogP contribution >= 0.6 is 11.3 Å². The van der Waals surface area contributed by atoms with Gasteiger partial charge in [-0.2, -0.15) is 0 Å². The molecule has 1 aromatic heterocycles. The van der Waals surface area contributed by atoms with Gasteiger partial charge in [0.15, 0.2) is 17.4 Å². The van der Waals surface area contributed by atoms with Crippen molar-refractivity contribution >= 4 is 34.3 Å². The van der Waals surface area contributed by atoms with E-state index >= 15 is 0 Å². The summed E-state index contributed by atoms with van der Waals surface area (Å²) in [5, 5.41) is 5.24. The Kier molecular flexibility index (Phi) is 6.90. The number of benzene rings is 2. The molecule has 3 N–H and O–H groups in total. The van der Waals surface area contributed by atoms with Gasteiger partial charge < -0.3 is 10.1 Å². The zero-order valence-electron chi connectivity index (χ0n) is 15.3. The molecular weight excluding hydrogens is 392 g/mol. The monoisotopic (exact) mass is 410 g/mol. The summed E-state index contributed by atoms with van der Waals surface area (Å²) in [5.41, 5.74) is 6.01. The molecule has 0 saturated heterocycles. The Labute approximate surface area is 170 Å². The molecule has 1 heterocycles. The van der Waals surface area contributed by atoms with Crippen LogP contribution < -0.4 is 16.2 Å². The van der Waals surface area contributed by atoms with Crippen LogP contribution in [0.5, 0.6) is 0 Å². The minimum Gasteiger partial charge on any atom is -0.451 e. The van der Waals surface area contributed by atoms with Gasteiger partial charge in [-0.1, -0.05) is 48.5 Å². The Hall–Kier alpha value is -3.72. The van der Waals surface area contributed by atoms with E-state index in [4.69, 9.17) is 4.74 Å². The van der Waals surface area contributed by atoms with Crippen LogP contribution in [0.1, 0.15) is 26.4 Å². The Bertz CT molecular complexity index is 976. The molecule has 0 aliphatic heterocycles. The lowest BCUT2D eigenvalue weighted by Gasteiger charge is -2.07. The largest absolute Gasteiger partial charge is 0.451 e. The topological polar surface area (TPSA) is 109 Å². The molecule has 0 fully saturated rings. The minimum absolute atomic E-state index is 0.103. The Morgan fingerprint density at radius 1 is 0.931 bits per heavy atom. The summed E-state index contributed by atoms with van der Waals surface area (Å²) in [5.74, 6) is -1.86. The second-order valence-electron chi connectivity index (χ2n) is 5.82. The van der Waals surface area contributed by atoms with Crippen LogP contribution in [0.15, 0.2) is 66.0 Å². The van der Waals surface area contributed by atoms with Gasteiger partial charge in [0.05, 0.1) is 0 Å². The maximum atomic E-state index is 12.0. The molecule has 0 atom stereocenters. The second-order valence-corrected chi connectivity index (χ2v) is 6.68. The van der Waals surface area contributed by atoms with Crippen LogP contribution in [-0.2, 0) is 16.1 Å². The molecule has 8 nitrogen and oxygen atoms in total. The van der Waals surface area contributed by atoms with Crippen LogP contribution in [0.2, 0.25) is 0 Å². The first-order chi connectivity index (χ1) is 14.1. The predicted molar refractivity (Wildman–Crippen MR) is 108 cm³/mol. The minimum atomic E-state index is -0.724. The third kappa shape index (κ3) is 6.15. The summed E-state index contributed by atoms with van der Waals surface area (Å²) >= 11 is 1.26. The van der Waals surface area contributed by atoms with Crippen LogP contribution in [0, 0.1) is 0 Å². The summed E-state index contributed by atoms with van der Waals surface area (Å²) in [6.07, 6.45) is 0. The summed E-state index contributed by atoms with van der Waals surface area (Å²) in [6, 6.07) is 18.2. The second kappa shape index (κ2) is 10.00. The molecule has 3 rings (SSSR count). The molecule has 0 aliphatic carbocycles. The predicted octanol–water partition coefficient (Wildman–Crippen LogP) is 2.37. The standard InChI is InChI=1S/C20H18N4O4S/c25-17(23-24-18(26)15-9-5-2-6-10-15)12-28-19(27)16-13-29-20(22-16)21-11-14-7-3-1-4-8-14/h1-10,13H,11-12H2,(H,21,22)(H,23,25)(H,24,26). The smallest absolute Gasteiger partial charge is 0.358 e. The SMILES string of the molecule is O=C(COC(=O)c1csc(NCc2ccccc2)n1)NNC(=O)c1ccccc1. The van der Waals surface area contributed by atoms with Gasteiger partial charge in [-0.15, -0.1) is 11.3 Å². The van der Waals surface area contributed by atoms with Crippen molar-refractivity contribution in [2.24, 2.45) is 0 Å². The number of hydrogen-bond donors (Lipinski definition) is 3. The summed E-state index contributed by atoms with van der Waals surface area (Å²) in [6.45, 7) is 0.0323. The molecular formula is C20H18N4O4S. The molecule has 0 bridgehead atoms. The van der Waals surface area contributed by atoms with Crippen molar-refractivity contribution in [2.75, 3.05) is 11.9 Å². The maximum absolute atomic E-state index is 12.0. The van der Waals surface area contributed by atoms with E-state index in [1.54, 1.807) is 35.7 Å². The summed E-state index contributed by atoms with van der Waals surface area (Å²) < 4.78 is 4.92. The molecule has 0 spiro atoms. The van der Waals surface area contributed by atoms with Crippen LogP contribution in [0.4, 0.5) is 5.13 Å². The quantitative estimate of drug-likeness (QED) is 0.408. The average molecular weight is 410 g/mol. The van der Waals surface area contributed by atoms with Gasteiger partial charge in [0.25, 0.3) is 11.8 Å². The van der Waals surface area contributed by atoms with Gasteiger partial charge in [0.2, 0.25) is 0 Å². The number of nitrogens with one attached hydrogen (secondary N) is 3. The van der Waals surface area contributed by atoms with E-state index in [0.717, 1.165) is 5.56 Å². The number of carbonyl (C=O) groups is 3. The van der Waals surface area contributed by atoms with Crippen LogP contribution in [0.3, 0.4) is 0 Å². The van der Waals surface area contributed by atoms with Crippen molar-refractivity contribution < 1.29 is 19.1 Å². The van der Waals surface area contributed by atoms with E-state index in [2.05, 4.69) is 21.2 Å². The van der Waals surface area contributed by atoms with Gasteiger partial charge >= 0.3 is 5.97 Å². The first kappa shape index (κ1) is 20.0. The number of anilines is 1. The van der Waals surface area contributed by atoms with E-state index < -0.39 is 24.4 Å². The lowest BCUT2D eigenvalue weighted by Crippen LogP contribution is -2.43. The number of thiazole rings is 1. The fourth-order valence-corrected chi connectivity index (χ4v) is 2.93. The maximum Gasteiger partial charge on any atom is 0.358 e. The molecule has 0 radical (unpaired) electrons. The molecule has 29 heavy (non-hydrogen) atoms. The number of ether oxygens (including phenoxy) is 1. The molecule has 0 unspecified atom stereocenters. The molecule has 9 heteroatoms. The number of esters is 1. The molecule has 2 aromatic carbocycles. The molecule has 0 aliphatic rings. The third-order valence-electron chi connectivity index (χ3n) is 3.69. The Morgan fingerprint density at radius 2 is 1.62 bits per heavy atom. The number of nitrogens with zero attached hydrogens (tertiary/aromatic N) is 1. The Balaban J connectivity index is 1.40. The van der Waals surface area contributed by atoms with Crippen molar-refractivity contribution in [1.29, 1.82) is 0 Å². The van der Waals surface area contributed by atoms with Crippen LogP contribution in [-0.4, -0.2) is 29.4 Å². The van der Waals surface area contributed by atoms with Crippen molar-refractivity contribution in [3.05, 3.63) is 82.9 Å². The fraction of sp³-hybridized carbons (Fsp3) is 0.100. The highest BCUT2D eigenvalue weighted by molar-refractivity contribution is 7.13. The lowest BCUT2D eigenvalue weighted by atomic mass is 10.2. The first-order valence-corrected chi connectivity index (χ1v) is 9.54. The van der Waals surface area contributed by atoms with Crippen molar-refractivity contribution in [3.8, 4) is 0 Å². The summed E-state index contributed by atoms with van der Waals surface area (Å²) in [7, 11) is 0. The zero-order valence-corrected chi connectivity index (χ0v) is 16.1. The number of hydrazine groups is 1. The first-order valence-electron chi connectivity index (χ1n) is 8.66. The van der Waals surface area contributed by atoms with Gasteiger partial charge in [-0.05, 0) is 17.7 Å². The van der Waals surface area contributed by atoms with Gasteiger partial charge in [0.1, 0.15) is 0 Å². The number of carbonyl (C=O) groups excluding carboxylic acids is 3. The van der Waals surface area contributed by atoms with Crippen molar-refractivity contribution in [2.45, 2.75) is 6.54 Å². The lowest BCUT2D eigenvalue weighted by molar-refractivity contribution is -0.125. The third-order valence-corrected chi connectivity index (χ3v) is 4.49. The fourth-order valence-electron chi connectivity index (χ4n) is 2.25. The van der Waals surface area contributed by atoms with E-state index in [9.17, 15) is 14.4 Å². The highest BCUT2D eigenvalue weighted by Crippen LogP contribution is 2.17. The van der Waals surface area contributed by atoms with E-state index in [-0.39, 0.29) is 5.69 Å². The van der Waals surface area contributed by atoms with Crippen molar-refractivity contribution in [3.63, 3.8) is 0 Å². The summed E-state index contributed by atoms with van der Waals surface area (Å²) in [4.78, 5) is 39.7. The normalized spacial score (nSPS) is 10.1. The number of aromatic nitrogens is 1. The van der Waals surface area contributed by atoms with Crippen LogP contribution in [0.25, 0.3) is 0 Å². The van der Waals surface area contributed by atoms with E-state index in [0.29, 0.717) is 17.2 Å². The Morgan fingerprint density at radius 3 is 2.34 bits per heavy atom. The van der Waals surface area contributed by atoms with Crippen molar-refractivity contribution in [1.82, 2.24) is 15.8 Å². The number of rotatable bonds is 7. The molecule has 2 amide bonds. The number of amides is 2. The van der Waals surface area contributed by atoms with Gasteiger partial charge in [-0.3, -0.25) is 20.4 Å². The van der Waals surface area contributed by atoms with E-state index in [1.165, 1.54) is 11.3 Å². The highest BCUT2D eigenvalue weighted by Gasteiger charge is 2.14. The van der Waals surface area contributed by atoms with Gasteiger partial charge in [-0.25, -0.2) is 9.78 Å². The number of hydrogen-bond acceptors (Lipinski definition) is 7. The average Bonchev–Trinajstić information content (AvgIpc) is 3.25. The highest BCUT2D eigenvalue weighted by atomic mass is 32.1.